The number of aromatic nitrogens is 1. The van der Waals surface area contributed by atoms with Crippen molar-refractivity contribution in [2.75, 3.05) is 5.32 Å². The van der Waals surface area contributed by atoms with E-state index in [2.05, 4.69) is 41.5 Å². The number of H-pyrrole nitrogens is 1. The van der Waals surface area contributed by atoms with E-state index in [4.69, 9.17) is 4.42 Å². The molecule has 1 heterocycles. The Hall–Kier alpha value is -2.82. The molecule has 2 N–H and O–H groups in total. The molecular weight excluding hydrogens is 292 g/mol. The Morgan fingerprint density at radius 2 is 1.96 bits per heavy atom. The van der Waals surface area contributed by atoms with Gasteiger partial charge in [-0.25, -0.2) is 4.79 Å². The fourth-order valence-electron chi connectivity index (χ4n) is 2.50. The van der Waals surface area contributed by atoms with Crippen molar-refractivity contribution < 1.29 is 9.21 Å². The molecule has 0 saturated carbocycles. The van der Waals surface area contributed by atoms with E-state index < -0.39 is 5.76 Å². The van der Waals surface area contributed by atoms with Crippen LogP contribution in [0.1, 0.15) is 24.0 Å². The summed E-state index contributed by atoms with van der Waals surface area (Å²) in [5, 5.41) is 2.82. The highest BCUT2D eigenvalue weighted by molar-refractivity contribution is 5.98. The first-order valence-electron chi connectivity index (χ1n) is 7.59. The van der Waals surface area contributed by atoms with Crippen LogP contribution >= 0.6 is 0 Å². The van der Waals surface area contributed by atoms with Gasteiger partial charge in [-0.2, -0.15) is 0 Å². The maximum Gasteiger partial charge on any atom is 0.417 e. The largest absolute Gasteiger partial charge is 0.417 e. The van der Waals surface area contributed by atoms with E-state index in [0.717, 1.165) is 12.8 Å². The molecule has 0 fully saturated rings. The third kappa shape index (κ3) is 3.69. The molecule has 118 valence electrons. The zero-order valence-electron chi connectivity index (χ0n) is 12.9. The standard InChI is InChI=1S/C18H18N2O3/c1-12-8-10-13(11-9-12)4-2-7-16(21)19-14-5-3-6-15-17(14)20-18(22)23-15/h3,5-6,8-11H,2,4,7H2,1H3,(H,19,21)(H,20,22). The average Bonchev–Trinajstić information content (AvgIpc) is 2.91. The van der Waals surface area contributed by atoms with E-state index >= 15 is 0 Å². The van der Waals surface area contributed by atoms with Crippen molar-refractivity contribution >= 4 is 22.7 Å². The summed E-state index contributed by atoms with van der Waals surface area (Å²) in [4.78, 5) is 25.9. The van der Waals surface area contributed by atoms with Crippen molar-refractivity contribution in [3.8, 4) is 0 Å². The van der Waals surface area contributed by atoms with Crippen LogP contribution in [-0.2, 0) is 11.2 Å². The molecule has 0 aliphatic carbocycles. The number of anilines is 1. The number of hydrogen-bond acceptors (Lipinski definition) is 3. The van der Waals surface area contributed by atoms with Gasteiger partial charge in [-0.3, -0.25) is 9.78 Å². The summed E-state index contributed by atoms with van der Waals surface area (Å²) < 4.78 is 4.98. The van der Waals surface area contributed by atoms with Gasteiger partial charge in [-0.1, -0.05) is 35.9 Å². The monoisotopic (exact) mass is 310 g/mol. The van der Waals surface area contributed by atoms with Crippen molar-refractivity contribution in [1.82, 2.24) is 4.98 Å². The highest BCUT2D eigenvalue weighted by atomic mass is 16.4. The molecule has 5 nitrogen and oxygen atoms in total. The van der Waals surface area contributed by atoms with E-state index in [1.54, 1.807) is 18.2 Å². The number of para-hydroxylation sites is 1. The van der Waals surface area contributed by atoms with Gasteiger partial charge >= 0.3 is 5.76 Å². The van der Waals surface area contributed by atoms with Crippen molar-refractivity contribution in [3.63, 3.8) is 0 Å². The van der Waals surface area contributed by atoms with E-state index in [9.17, 15) is 9.59 Å². The molecule has 3 rings (SSSR count). The number of aryl methyl sites for hydroxylation is 2. The second-order valence-electron chi connectivity index (χ2n) is 5.58. The van der Waals surface area contributed by atoms with Crippen LogP contribution in [0.2, 0.25) is 0 Å². The van der Waals surface area contributed by atoms with Crippen LogP contribution in [0.5, 0.6) is 0 Å². The third-order valence-electron chi connectivity index (χ3n) is 3.72. The quantitative estimate of drug-likeness (QED) is 0.758. The number of aromatic amines is 1. The number of rotatable bonds is 5. The van der Waals surface area contributed by atoms with Crippen molar-refractivity contribution in [2.24, 2.45) is 0 Å². The van der Waals surface area contributed by atoms with Gasteiger partial charge in [0, 0.05) is 6.42 Å². The molecule has 0 spiro atoms. The van der Waals surface area contributed by atoms with Gasteiger partial charge in [-0.15, -0.1) is 0 Å². The molecule has 0 saturated heterocycles. The number of amides is 1. The number of benzene rings is 2. The second kappa shape index (κ2) is 6.52. The predicted molar refractivity (Wildman–Crippen MR) is 89.6 cm³/mol. The second-order valence-corrected chi connectivity index (χ2v) is 5.58. The first kappa shape index (κ1) is 15.1. The van der Waals surface area contributed by atoms with Gasteiger partial charge in [0.15, 0.2) is 5.58 Å². The lowest BCUT2D eigenvalue weighted by atomic mass is 10.1. The number of carbonyl (C=O) groups excluding carboxylic acids is 1. The summed E-state index contributed by atoms with van der Waals surface area (Å²) in [5.41, 5.74) is 3.98. The molecule has 0 aliphatic heterocycles. The molecule has 5 heteroatoms. The van der Waals surface area contributed by atoms with Gasteiger partial charge in [0.05, 0.1) is 5.69 Å². The summed E-state index contributed by atoms with van der Waals surface area (Å²) in [6.45, 7) is 2.05. The van der Waals surface area contributed by atoms with E-state index in [0.29, 0.717) is 23.2 Å². The van der Waals surface area contributed by atoms with Gasteiger partial charge in [-0.05, 0) is 37.5 Å². The fourth-order valence-corrected chi connectivity index (χ4v) is 2.50. The maximum absolute atomic E-state index is 12.1. The van der Waals surface area contributed by atoms with Gasteiger partial charge in [0.25, 0.3) is 0 Å². The Bertz CT molecular complexity index is 875. The molecule has 0 aliphatic rings. The van der Waals surface area contributed by atoms with Crippen LogP contribution in [0.4, 0.5) is 5.69 Å². The number of hydrogen-bond donors (Lipinski definition) is 2. The van der Waals surface area contributed by atoms with Crippen LogP contribution in [0.15, 0.2) is 51.7 Å². The van der Waals surface area contributed by atoms with Crippen molar-refractivity contribution in [1.29, 1.82) is 0 Å². The minimum Gasteiger partial charge on any atom is -0.408 e. The van der Waals surface area contributed by atoms with E-state index in [1.807, 2.05) is 0 Å². The minimum absolute atomic E-state index is 0.0772. The smallest absolute Gasteiger partial charge is 0.408 e. The number of fused-ring (bicyclic) bond motifs is 1. The van der Waals surface area contributed by atoms with Crippen LogP contribution in [0.3, 0.4) is 0 Å². The fraction of sp³-hybridized carbons (Fsp3) is 0.222. The molecule has 1 aromatic heterocycles. The summed E-state index contributed by atoms with van der Waals surface area (Å²) >= 11 is 0. The molecular formula is C18H18N2O3. The lowest BCUT2D eigenvalue weighted by Crippen LogP contribution is -2.12. The van der Waals surface area contributed by atoms with E-state index in [-0.39, 0.29) is 5.91 Å². The molecule has 0 unspecified atom stereocenters. The minimum atomic E-state index is -0.527. The Kier molecular flexibility index (Phi) is 4.28. The summed E-state index contributed by atoms with van der Waals surface area (Å²) in [6, 6.07) is 13.5. The topological polar surface area (TPSA) is 75.1 Å². The number of oxazole rings is 1. The molecule has 23 heavy (non-hydrogen) atoms. The highest BCUT2D eigenvalue weighted by Gasteiger charge is 2.09. The Balaban J connectivity index is 1.58. The summed E-state index contributed by atoms with van der Waals surface area (Å²) in [7, 11) is 0. The molecule has 0 bridgehead atoms. The van der Waals surface area contributed by atoms with Crippen LogP contribution in [0.25, 0.3) is 11.1 Å². The Morgan fingerprint density at radius 3 is 2.74 bits per heavy atom. The number of nitrogens with one attached hydrogen (secondary N) is 2. The zero-order chi connectivity index (χ0) is 16.2. The Morgan fingerprint density at radius 1 is 1.17 bits per heavy atom. The maximum atomic E-state index is 12.1. The Labute approximate surface area is 133 Å². The molecule has 0 atom stereocenters. The zero-order valence-corrected chi connectivity index (χ0v) is 12.9. The molecule has 2 aromatic carbocycles. The van der Waals surface area contributed by atoms with E-state index in [1.165, 1.54) is 11.1 Å². The van der Waals surface area contributed by atoms with Crippen LogP contribution in [0, 0.1) is 6.92 Å². The first-order valence-corrected chi connectivity index (χ1v) is 7.59. The lowest BCUT2D eigenvalue weighted by Gasteiger charge is -2.06. The van der Waals surface area contributed by atoms with Gasteiger partial charge < -0.3 is 9.73 Å². The van der Waals surface area contributed by atoms with Crippen molar-refractivity contribution in [2.45, 2.75) is 26.2 Å². The highest BCUT2D eigenvalue weighted by Crippen LogP contribution is 2.20. The average molecular weight is 310 g/mol. The van der Waals surface area contributed by atoms with Crippen molar-refractivity contribution in [3.05, 3.63) is 64.1 Å². The summed E-state index contributed by atoms with van der Waals surface area (Å²) in [6.07, 6.45) is 2.06. The van der Waals surface area contributed by atoms with Gasteiger partial charge in [0.1, 0.15) is 5.52 Å². The molecule has 0 radical (unpaired) electrons. The van der Waals surface area contributed by atoms with Crippen LogP contribution in [-0.4, -0.2) is 10.9 Å². The molecule has 3 aromatic rings. The van der Waals surface area contributed by atoms with Crippen LogP contribution < -0.4 is 11.1 Å². The SMILES string of the molecule is Cc1ccc(CCCC(=O)Nc2cccc3oc(=O)[nH]c23)cc1. The number of carbonyl (C=O) groups is 1. The predicted octanol–water partition coefficient (Wildman–Crippen LogP) is 3.39. The summed E-state index contributed by atoms with van der Waals surface area (Å²) in [5.74, 6) is -0.604. The normalized spacial score (nSPS) is 10.8. The van der Waals surface area contributed by atoms with Gasteiger partial charge in [0.2, 0.25) is 5.91 Å². The third-order valence-corrected chi connectivity index (χ3v) is 3.72. The first-order chi connectivity index (χ1) is 11.1. The molecule has 1 amide bonds. The lowest BCUT2D eigenvalue weighted by molar-refractivity contribution is -0.116.